The highest BCUT2D eigenvalue weighted by atomic mass is 16.2. The van der Waals surface area contributed by atoms with E-state index in [0.717, 1.165) is 42.4 Å². The van der Waals surface area contributed by atoms with Gasteiger partial charge in [0.2, 0.25) is 5.91 Å². The average Bonchev–Trinajstić information content (AvgIpc) is 2.83. The van der Waals surface area contributed by atoms with Gasteiger partial charge in [0.15, 0.2) is 0 Å². The molecule has 1 fully saturated rings. The number of hydrogen-bond donors (Lipinski definition) is 2. The normalized spacial score (nSPS) is 19.5. The largest absolute Gasteiger partial charge is 0.361 e. The minimum atomic E-state index is -0.463. The molecule has 2 heterocycles. The molecule has 1 amide bonds. The van der Waals surface area contributed by atoms with Crippen LogP contribution in [0.3, 0.4) is 0 Å². The Morgan fingerprint density at radius 2 is 2.09 bits per heavy atom. The molecular formula is C19H27N3O. The number of aromatic nitrogens is 1. The minimum Gasteiger partial charge on any atom is -0.361 e. The Hall–Kier alpha value is -1.81. The van der Waals surface area contributed by atoms with E-state index in [1.165, 1.54) is 6.42 Å². The fourth-order valence-corrected chi connectivity index (χ4v) is 3.50. The number of benzene rings is 1. The predicted molar refractivity (Wildman–Crippen MR) is 94.2 cm³/mol. The molecule has 4 heteroatoms. The second-order valence-electron chi connectivity index (χ2n) is 7.51. The number of carbonyl (C=O) groups excluding carboxylic acids is 1. The van der Waals surface area contributed by atoms with Gasteiger partial charge in [-0.3, -0.25) is 4.79 Å². The molecule has 0 saturated carbocycles. The summed E-state index contributed by atoms with van der Waals surface area (Å²) in [6.07, 6.45) is 5.86. The second kappa shape index (κ2) is 6.36. The van der Waals surface area contributed by atoms with Crippen molar-refractivity contribution < 1.29 is 4.79 Å². The highest BCUT2D eigenvalue weighted by molar-refractivity contribution is 5.86. The van der Waals surface area contributed by atoms with Crippen LogP contribution in [0.4, 0.5) is 0 Å². The Balaban J connectivity index is 1.68. The molecule has 124 valence electrons. The summed E-state index contributed by atoms with van der Waals surface area (Å²) in [7, 11) is 0. The number of nitrogens with one attached hydrogen (secondary N) is 1. The SMILES string of the molecule is CC1(C)CCCN(C(=O)[C@@H](N)Cc2c[nH]c3ccccc23)CC1. The van der Waals surface area contributed by atoms with E-state index in [1.54, 1.807) is 0 Å². The highest BCUT2D eigenvalue weighted by Gasteiger charge is 2.28. The van der Waals surface area contributed by atoms with Crippen LogP contribution >= 0.6 is 0 Å². The Labute approximate surface area is 138 Å². The molecule has 1 aliphatic heterocycles. The van der Waals surface area contributed by atoms with E-state index in [0.29, 0.717) is 11.8 Å². The molecule has 0 bridgehead atoms. The number of H-pyrrole nitrogens is 1. The average molecular weight is 313 g/mol. The highest BCUT2D eigenvalue weighted by Crippen LogP contribution is 2.30. The summed E-state index contributed by atoms with van der Waals surface area (Å²) in [6, 6.07) is 7.68. The van der Waals surface area contributed by atoms with Gasteiger partial charge in [-0.05, 0) is 42.7 Å². The smallest absolute Gasteiger partial charge is 0.239 e. The maximum absolute atomic E-state index is 12.7. The van der Waals surface area contributed by atoms with Gasteiger partial charge in [-0.1, -0.05) is 32.0 Å². The standard InChI is InChI=1S/C19H27N3O/c1-19(2)8-5-10-22(11-9-19)18(23)16(20)12-14-13-21-17-7-4-3-6-15(14)17/h3-4,6-7,13,16,21H,5,8-12,20H2,1-2H3/t16-/m0/s1. The molecule has 0 radical (unpaired) electrons. The topological polar surface area (TPSA) is 62.1 Å². The Kier molecular flexibility index (Phi) is 4.44. The molecule has 1 atom stereocenters. The monoisotopic (exact) mass is 313 g/mol. The van der Waals surface area contributed by atoms with Gasteiger partial charge >= 0.3 is 0 Å². The van der Waals surface area contributed by atoms with Gasteiger partial charge in [-0.15, -0.1) is 0 Å². The lowest BCUT2D eigenvalue weighted by atomic mass is 9.85. The zero-order valence-electron chi connectivity index (χ0n) is 14.1. The molecule has 23 heavy (non-hydrogen) atoms. The quantitative estimate of drug-likeness (QED) is 0.914. The molecule has 1 saturated heterocycles. The van der Waals surface area contributed by atoms with Crippen LogP contribution < -0.4 is 5.73 Å². The second-order valence-corrected chi connectivity index (χ2v) is 7.51. The van der Waals surface area contributed by atoms with Crippen molar-refractivity contribution in [2.45, 2.75) is 45.6 Å². The number of carbonyl (C=O) groups is 1. The van der Waals surface area contributed by atoms with Crippen LogP contribution in [0.25, 0.3) is 10.9 Å². The maximum atomic E-state index is 12.7. The fraction of sp³-hybridized carbons (Fsp3) is 0.526. The number of likely N-dealkylation sites (tertiary alicyclic amines) is 1. The number of para-hydroxylation sites is 1. The van der Waals surface area contributed by atoms with Crippen LogP contribution in [0.2, 0.25) is 0 Å². The van der Waals surface area contributed by atoms with Gasteiger partial charge in [0.05, 0.1) is 6.04 Å². The molecule has 0 aliphatic carbocycles. The van der Waals surface area contributed by atoms with E-state index in [9.17, 15) is 4.79 Å². The van der Waals surface area contributed by atoms with Crippen molar-refractivity contribution in [3.05, 3.63) is 36.0 Å². The third-order valence-electron chi connectivity index (χ3n) is 5.08. The van der Waals surface area contributed by atoms with Crippen LogP contribution in [0.15, 0.2) is 30.5 Å². The summed E-state index contributed by atoms with van der Waals surface area (Å²) in [5.41, 5.74) is 8.79. The van der Waals surface area contributed by atoms with Gasteiger partial charge in [0.1, 0.15) is 0 Å². The maximum Gasteiger partial charge on any atom is 0.239 e. The van der Waals surface area contributed by atoms with Crippen molar-refractivity contribution >= 4 is 16.8 Å². The van der Waals surface area contributed by atoms with Crippen molar-refractivity contribution in [1.82, 2.24) is 9.88 Å². The van der Waals surface area contributed by atoms with E-state index in [1.807, 2.05) is 29.3 Å². The lowest BCUT2D eigenvalue weighted by Gasteiger charge is -2.25. The van der Waals surface area contributed by atoms with Crippen LogP contribution in [0.5, 0.6) is 0 Å². The van der Waals surface area contributed by atoms with Crippen molar-refractivity contribution in [3.63, 3.8) is 0 Å². The molecule has 1 aromatic carbocycles. The van der Waals surface area contributed by atoms with Crippen LogP contribution in [-0.2, 0) is 11.2 Å². The summed E-state index contributed by atoms with van der Waals surface area (Å²) in [6.45, 7) is 6.23. The van der Waals surface area contributed by atoms with Crippen LogP contribution in [0, 0.1) is 5.41 Å². The van der Waals surface area contributed by atoms with E-state index >= 15 is 0 Å². The summed E-state index contributed by atoms with van der Waals surface area (Å²) in [4.78, 5) is 17.9. The molecule has 4 nitrogen and oxygen atoms in total. The van der Waals surface area contributed by atoms with E-state index in [4.69, 9.17) is 5.73 Å². The first kappa shape index (κ1) is 16.1. The molecule has 3 N–H and O–H groups in total. The third-order valence-corrected chi connectivity index (χ3v) is 5.08. The first-order valence-electron chi connectivity index (χ1n) is 8.56. The van der Waals surface area contributed by atoms with E-state index < -0.39 is 6.04 Å². The summed E-state index contributed by atoms with van der Waals surface area (Å²) in [5, 5.41) is 1.16. The molecule has 1 aliphatic rings. The zero-order valence-corrected chi connectivity index (χ0v) is 14.1. The van der Waals surface area contributed by atoms with Gasteiger partial charge in [0, 0.05) is 30.2 Å². The Morgan fingerprint density at radius 3 is 2.91 bits per heavy atom. The predicted octanol–water partition coefficient (Wildman–Crippen LogP) is 3.08. The van der Waals surface area contributed by atoms with E-state index in [-0.39, 0.29) is 5.91 Å². The first-order chi connectivity index (χ1) is 11.0. The molecule has 0 spiro atoms. The summed E-state index contributed by atoms with van der Waals surface area (Å²) in [5.74, 6) is 0.0907. The summed E-state index contributed by atoms with van der Waals surface area (Å²) >= 11 is 0. The number of hydrogen-bond acceptors (Lipinski definition) is 2. The number of nitrogens with zero attached hydrogens (tertiary/aromatic N) is 1. The van der Waals surface area contributed by atoms with Gasteiger partial charge < -0.3 is 15.6 Å². The van der Waals surface area contributed by atoms with Crippen molar-refractivity contribution in [3.8, 4) is 0 Å². The molecule has 0 unspecified atom stereocenters. The van der Waals surface area contributed by atoms with Crippen LogP contribution in [-0.4, -0.2) is 34.9 Å². The van der Waals surface area contributed by atoms with Crippen LogP contribution in [0.1, 0.15) is 38.7 Å². The number of rotatable bonds is 3. The fourth-order valence-electron chi connectivity index (χ4n) is 3.50. The van der Waals surface area contributed by atoms with E-state index in [2.05, 4.69) is 24.9 Å². The van der Waals surface area contributed by atoms with Crippen molar-refractivity contribution in [1.29, 1.82) is 0 Å². The third kappa shape index (κ3) is 3.58. The molecule has 1 aromatic heterocycles. The molecule has 2 aromatic rings. The van der Waals surface area contributed by atoms with Crippen molar-refractivity contribution in [2.75, 3.05) is 13.1 Å². The first-order valence-corrected chi connectivity index (χ1v) is 8.56. The number of aromatic amines is 1. The molecule has 3 rings (SSSR count). The Bertz CT molecular complexity index is 689. The summed E-state index contributed by atoms with van der Waals surface area (Å²) < 4.78 is 0. The number of fused-ring (bicyclic) bond motifs is 1. The zero-order chi connectivity index (χ0) is 16.4. The number of nitrogens with two attached hydrogens (primary N) is 1. The minimum absolute atomic E-state index is 0.0907. The van der Waals surface area contributed by atoms with Gasteiger partial charge in [-0.25, -0.2) is 0 Å². The lowest BCUT2D eigenvalue weighted by molar-refractivity contribution is -0.132. The van der Waals surface area contributed by atoms with Gasteiger partial charge in [0.25, 0.3) is 0 Å². The lowest BCUT2D eigenvalue weighted by Crippen LogP contribution is -2.45. The molecular weight excluding hydrogens is 286 g/mol. The number of amides is 1. The van der Waals surface area contributed by atoms with Crippen molar-refractivity contribution in [2.24, 2.45) is 11.1 Å². The Morgan fingerprint density at radius 1 is 1.30 bits per heavy atom. The van der Waals surface area contributed by atoms with Gasteiger partial charge in [-0.2, -0.15) is 0 Å².